The zero-order valence-corrected chi connectivity index (χ0v) is 11.5. The molecule has 0 aromatic heterocycles. The Bertz CT molecular complexity index is 500. The van der Waals surface area contributed by atoms with Crippen LogP contribution in [0.15, 0.2) is 36.0 Å². The third kappa shape index (κ3) is 4.63. The van der Waals surface area contributed by atoms with E-state index in [0.29, 0.717) is 17.3 Å². The number of esters is 1. The van der Waals surface area contributed by atoms with E-state index in [0.717, 1.165) is 6.08 Å². The van der Waals surface area contributed by atoms with Crippen LogP contribution in [0.25, 0.3) is 0 Å². The molecule has 0 fully saturated rings. The molecular weight excluding hydrogens is 268 g/mol. The van der Waals surface area contributed by atoms with Crippen molar-refractivity contribution in [1.29, 1.82) is 0 Å². The number of ether oxygens (including phenoxy) is 1. The summed E-state index contributed by atoms with van der Waals surface area (Å²) in [5, 5.41) is 5.85. The third-order valence-corrected chi connectivity index (χ3v) is 2.52. The maximum atomic E-state index is 11.8. The molecule has 6 heteroatoms. The number of rotatable bonds is 5. The number of anilines is 1. The number of likely N-dealkylation sites (N-methyl/N-ethyl adjacent to an activating group) is 1. The SMILES string of the molecule is CCNC(=O)/C(=C/C(=O)OC)Nc1ccccc1Cl. The monoisotopic (exact) mass is 282 g/mol. The first-order valence-corrected chi connectivity index (χ1v) is 6.05. The lowest BCUT2D eigenvalue weighted by Crippen LogP contribution is -2.28. The van der Waals surface area contributed by atoms with Crippen LogP contribution in [0.1, 0.15) is 6.92 Å². The average Bonchev–Trinajstić information content (AvgIpc) is 2.40. The van der Waals surface area contributed by atoms with E-state index in [9.17, 15) is 9.59 Å². The van der Waals surface area contributed by atoms with Crippen LogP contribution in [0.3, 0.4) is 0 Å². The van der Waals surface area contributed by atoms with Gasteiger partial charge in [-0.3, -0.25) is 4.79 Å². The average molecular weight is 283 g/mol. The molecule has 19 heavy (non-hydrogen) atoms. The van der Waals surface area contributed by atoms with Gasteiger partial charge in [0.15, 0.2) is 0 Å². The van der Waals surface area contributed by atoms with E-state index < -0.39 is 11.9 Å². The number of methoxy groups -OCH3 is 1. The topological polar surface area (TPSA) is 67.4 Å². The zero-order valence-electron chi connectivity index (χ0n) is 10.7. The van der Waals surface area contributed by atoms with Gasteiger partial charge >= 0.3 is 5.97 Å². The summed E-state index contributed by atoms with van der Waals surface area (Å²) in [4.78, 5) is 23.1. The first-order valence-electron chi connectivity index (χ1n) is 5.67. The molecule has 0 atom stereocenters. The minimum absolute atomic E-state index is 0.0711. The number of para-hydroxylation sites is 1. The Morgan fingerprint density at radius 3 is 2.63 bits per heavy atom. The van der Waals surface area contributed by atoms with Crippen LogP contribution in [-0.4, -0.2) is 25.5 Å². The van der Waals surface area contributed by atoms with Gasteiger partial charge in [-0.05, 0) is 19.1 Å². The molecule has 0 unspecified atom stereocenters. The van der Waals surface area contributed by atoms with Crippen LogP contribution >= 0.6 is 11.6 Å². The number of nitrogens with one attached hydrogen (secondary N) is 2. The Labute approximate surface area is 116 Å². The molecule has 0 radical (unpaired) electrons. The van der Waals surface area contributed by atoms with Gasteiger partial charge in [0.25, 0.3) is 5.91 Å². The summed E-state index contributed by atoms with van der Waals surface area (Å²) in [5.41, 5.74) is 0.604. The molecule has 1 aromatic carbocycles. The van der Waals surface area contributed by atoms with E-state index in [-0.39, 0.29) is 5.70 Å². The number of amides is 1. The van der Waals surface area contributed by atoms with Crippen LogP contribution < -0.4 is 10.6 Å². The molecule has 2 N–H and O–H groups in total. The van der Waals surface area contributed by atoms with E-state index in [1.807, 2.05) is 0 Å². The molecule has 0 saturated heterocycles. The summed E-state index contributed by atoms with van der Waals surface area (Å²) >= 11 is 5.98. The van der Waals surface area contributed by atoms with Gasteiger partial charge in [0.2, 0.25) is 0 Å². The summed E-state index contributed by atoms with van der Waals surface area (Å²) in [7, 11) is 1.24. The number of hydrogen-bond acceptors (Lipinski definition) is 4. The minimum Gasteiger partial charge on any atom is -0.466 e. The quantitative estimate of drug-likeness (QED) is 0.640. The zero-order chi connectivity index (χ0) is 14.3. The molecule has 102 valence electrons. The fourth-order valence-electron chi connectivity index (χ4n) is 1.30. The van der Waals surface area contributed by atoms with E-state index in [1.165, 1.54) is 7.11 Å². The lowest BCUT2D eigenvalue weighted by molar-refractivity contribution is -0.135. The van der Waals surface area contributed by atoms with Crippen LogP contribution in [0, 0.1) is 0 Å². The molecule has 0 heterocycles. The number of halogens is 1. The molecule has 0 aliphatic heterocycles. The Kier molecular flexibility index (Phi) is 5.89. The maximum absolute atomic E-state index is 11.8. The number of carbonyl (C=O) groups excluding carboxylic acids is 2. The highest BCUT2D eigenvalue weighted by Crippen LogP contribution is 2.22. The number of carbonyl (C=O) groups is 2. The minimum atomic E-state index is -0.624. The first kappa shape index (κ1) is 15.0. The maximum Gasteiger partial charge on any atom is 0.332 e. The van der Waals surface area contributed by atoms with Crippen LogP contribution in [-0.2, 0) is 14.3 Å². The summed E-state index contributed by atoms with van der Waals surface area (Å²) in [6.45, 7) is 2.23. The van der Waals surface area contributed by atoms with Crippen molar-refractivity contribution in [1.82, 2.24) is 5.32 Å². The second kappa shape index (κ2) is 7.43. The fraction of sp³-hybridized carbons (Fsp3) is 0.231. The van der Waals surface area contributed by atoms with Crippen LogP contribution in [0.5, 0.6) is 0 Å². The van der Waals surface area contributed by atoms with Gasteiger partial charge < -0.3 is 15.4 Å². The number of hydrogen-bond donors (Lipinski definition) is 2. The molecule has 0 spiro atoms. The van der Waals surface area contributed by atoms with Crippen LogP contribution in [0.4, 0.5) is 5.69 Å². The van der Waals surface area contributed by atoms with Crippen molar-refractivity contribution in [3.63, 3.8) is 0 Å². The summed E-state index contributed by atoms with van der Waals surface area (Å²) < 4.78 is 4.51. The van der Waals surface area contributed by atoms with Crippen molar-refractivity contribution in [2.24, 2.45) is 0 Å². The van der Waals surface area contributed by atoms with Gasteiger partial charge in [-0.15, -0.1) is 0 Å². The fourth-order valence-corrected chi connectivity index (χ4v) is 1.48. The standard InChI is InChI=1S/C13H15ClN2O3/c1-3-15-13(18)11(8-12(17)19-2)16-10-7-5-4-6-9(10)14/h4-8,16H,3H2,1-2H3,(H,15,18)/b11-8-. The lowest BCUT2D eigenvalue weighted by Gasteiger charge is -2.11. The molecule has 1 rings (SSSR count). The van der Waals surface area contributed by atoms with Crippen molar-refractivity contribution in [2.75, 3.05) is 19.0 Å². The van der Waals surface area contributed by atoms with Crippen molar-refractivity contribution in [3.05, 3.63) is 41.1 Å². The molecular formula is C13H15ClN2O3. The molecule has 0 aliphatic rings. The first-order chi connectivity index (χ1) is 9.08. The Morgan fingerprint density at radius 2 is 2.05 bits per heavy atom. The van der Waals surface area contributed by atoms with Gasteiger partial charge in [-0.1, -0.05) is 23.7 Å². The second-order valence-corrected chi connectivity index (χ2v) is 3.95. The molecule has 1 aromatic rings. The Hall–Kier alpha value is -2.01. The van der Waals surface area contributed by atoms with Crippen molar-refractivity contribution >= 4 is 29.2 Å². The normalized spacial score (nSPS) is 10.8. The summed E-state index contributed by atoms with van der Waals surface area (Å²) in [5.74, 6) is -1.03. The van der Waals surface area contributed by atoms with E-state index >= 15 is 0 Å². The van der Waals surface area contributed by atoms with Crippen LogP contribution in [0.2, 0.25) is 5.02 Å². The van der Waals surface area contributed by atoms with Gasteiger partial charge in [-0.25, -0.2) is 4.79 Å². The van der Waals surface area contributed by atoms with Gasteiger partial charge in [0.05, 0.1) is 23.9 Å². The molecule has 0 aliphatic carbocycles. The number of benzene rings is 1. The highest BCUT2D eigenvalue weighted by Gasteiger charge is 2.12. The predicted octanol–water partition coefficient (Wildman–Crippen LogP) is 1.94. The summed E-state index contributed by atoms with van der Waals surface area (Å²) in [6, 6.07) is 6.91. The third-order valence-electron chi connectivity index (χ3n) is 2.19. The van der Waals surface area contributed by atoms with Gasteiger partial charge in [0, 0.05) is 6.54 Å². The summed E-state index contributed by atoms with van der Waals surface area (Å²) in [6.07, 6.45) is 1.08. The van der Waals surface area contributed by atoms with Crippen molar-refractivity contribution in [2.45, 2.75) is 6.92 Å². The Morgan fingerprint density at radius 1 is 1.37 bits per heavy atom. The highest BCUT2D eigenvalue weighted by atomic mass is 35.5. The second-order valence-electron chi connectivity index (χ2n) is 3.55. The van der Waals surface area contributed by atoms with Crippen molar-refractivity contribution in [3.8, 4) is 0 Å². The van der Waals surface area contributed by atoms with E-state index in [2.05, 4.69) is 15.4 Å². The molecule has 1 amide bonds. The Balaban J connectivity index is 2.98. The van der Waals surface area contributed by atoms with E-state index in [1.54, 1.807) is 31.2 Å². The lowest BCUT2D eigenvalue weighted by atomic mass is 10.3. The van der Waals surface area contributed by atoms with Gasteiger partial charge in [0.1, 0.15) is 5.70 Å². The highest BCUT2D eigenvalue weighted by molar-refractivity contribution is 6.33. The smallest absolute Gasteiger partial charge is 0.332 e. The van der Waals surface area contributed by atoms with Gasteiger partial charge in [-0.2, -0.15) is 0 Å². The largest absolute Gasteiger partial charge is 0.466 e. The predicted molar refractivity (Wildman–Crippen MR) is 73.9 cm³/mol. The molecule has 5 nitrogen and oxygen atoms in total. The molecule has 0 saturated carbocycles. The van der Waals surface area contributed by atoms with E-state index in [4.69, 9.17) is 11.6 Å². The van der Waals surface area contributed by atoms with Crippen molar-refractivity contribution < 1.29 is 14.3 Å². The molecule has 0 bridgehead atoms.